The third-order valence-electron chi connectivity index (χ3n) is 6.88. The Balaban J connectivity index is 1.33. The summed E-state index contributed by atoms with van der Waals surface area (Å²) in [5.41, 5.74) is 2.93. The summed E-state index contributed by atoms with van der Waals surface area (Å²) in [6, 6.07) is 15.8. The summed E-state index contributed by atoms with van der Waals surface area (Å²) in [7, 11) is 0. The lowest BCUT2D eigenvalue weighted by Gasteiger charge is -2.13. The molecule has 3 aromatic rings. The van der Waals surface area contributed by atoms with Gasteiger partial charge in [-0.1, -0.05) is 60.2 Å². The van der Waals surface area contributed by atoms with Gasteiger partial charge in [0.15, 0.2) is 0 Å². The van der Waals surface area contributed by atoms with Crippen LogP contribution in [0.1, 0.15) is 17.5 Å². The zero-order valence-electron chi connectivity index (χ0n) is 16.7. The number of hydrazone groups is 1. The number of hydrogen-bond donors (Lipinski definition) is 0. The van der Waals surface area contributed by atoms with Gasteiger partial charge in [0.05, 0.1) is 18.1 Å². The van der Waals surface area contributed by atoms with Gasteiger partial charge in [-0.3, -0.25) is 9.59 Å². The van der Waals surface area contributed by atoms with E-state index in [1.807, 2.05) is 54.7 Å². The van der Waals surface area contributed by atoms with Crippen molar-refractivity contribution in [1.82, 2.24) is 9.58 Å². The molecule has 1 saturated carbocycles. The highest BCUT2D eigenvalue weighted by molar-refractivity contribution is 6.31. The zero-order chi connectivity index (χ0) is 21.1. The van der Waals surface area contributed by atoms with E-state index >= 15 is 0 Å². The fourth-order valence-corrected chi connectivity index (χ4v) is 5.63. The number of amides is 2. The van der Waals surface area contributed by atoms with Crippen LogP contribution in [0.25, 0.3) is 10.9 Å². The maximum absolute atomic E-state index is 12.9. The Labute approximate surface area is 184 Å². The summed E-state index contributed by atoms with van der Waals surface area (Å²) >= 11 is 6.36. The molecule has 0 N–H and O–H groups in total. The summed E-state index contributed by atoms with van der Waals surface area (Å²) in [4.78, 5) is 25.8. The van der Waals surface area contributed by atoms with Gasteiger partial charge >= 0.3 is 0 Å². The molecule has 1 aromatic heterocycles. The van der Waals surface area contributed by atoms with Gasteiger partial charge < -0.3 is 4.57 Å². The molecule has 1 aliphatic heterocycles. The van der Waals surface area contributed by atoms with Crippen LogP contribution in [-0.4, -0.2) is 27.6 Å². The molecule has 6 heteroatoms. The normalized spacial score (nSPS) is 26.7. The molecule has 0 radical (unpaired) electrons. The number of allylic oxidation sites excluding steroid dienone is 2. The largest absolute Gasteiger partial charge is 0.342 e. The minimum absolute atomic E-state index is 0.164. The molecule has 154 valence electrons. The molecule has 2 amide bonds. The first-order chi connectivity index (χ1) is 15.1. The van der Waals surface area contributed by atoms with Crippen LogP contribution >= 0.6 is 11.6 Å². The number of carbonyl (C=O) groups is 2. The fourth-order valence-electron chi connectivity index (χ4n) is 5.44. The van der Waals surface area contributed by atoms with Crippen molar-refractivity contribution < 1.29 is 9.59 Å². The van der Waals surface area contributed by atoms with Crippen LogP contribution in [0.5, 0.6) is 0 Å². The van der Waals surface area contributed by atoms with E-state index in [0.29, 0.717) is 6.54 Å². The molecule has 0 unspecified atom stereocenters. The molecular weight excluding hydrogens is 410 g/mol. The Morgan fingerprint density at radius 2 is 1.65 bits per heavy atom. The molecule has 2 bridgehead atoms. The first kappa shape index (κ1) is 18.6. The second kappa shape index (κ2) is 6.92. The molecule has 2 heterocycles. The molecule has 2 fully saturated rings. The molecule has 2 aliphatic carbocycles. The van der Waals surface area contributed by atoms with Crippen molar-refractivity contribution in [1.29, 1.82) is 0 Å². The van der Waals surface area contributed by atoms with Gasteiger partial charge in [0.25, 0.3) is 11.8 Å². The number of benzene rings is 2. The average molecular weight is 430 g/mol. The van der Waals surface area contributed by atoms with Crippen LogP contribution in [0.4, 0.5) is 0 Å². The van der Waals surface area contributed by atoms with E-state index in [0.717, 1.165) is 38.5 Å². The van der Waals surface area contributed by atoms with Crippen molar-refractivity contribution in [3.8, 4) is 0 Å². The molecule has 31 heavy (non-hydrogen) atoms. The molecule has 1 saturated heterocycles. The molecule has 6 rings (SSSR count). The van der Waals surface area contributed by atoms with Crippen molar-refractivity contribution in [3.05, 3.63) is 83.0 Å². The van der Waals surface area contributed by atoms with Gasteiger partial charge in [-0.25, -0.2) is 0 Å². The fraction of sp³-hybridized carbons (Fsp3) is 0.240. The number of para-hydroxylation sites is 1. The lowest BCUT2D eigenvalue weighted by molar-refractivity contribution is -0.140. The van der Waals surface area contributed by atoms with E-state index in [-0.39, 0.29) is 35.5 Å². The van der Waals surface area contributed by atoms with E-state index in [1.165, 1.54) is 0 Å². The topological polar surface area (TPSA) is 54.7 Å². The number of aromatic nitrogens is 1. The molecule has 0 spiro atoms. The van der Waals surface area contributed by atoms with Crippen molar-refractivity contribution >= 4 is 40.5 Å². The van der Waals surface area contributed by atoms with Gasteiger partial charge in [-0.15, -0.1) is 0 Å². The highest BCUT2D eigenvalue weighted by atomic mass is 35.5. The Bertz CT molecular complexity index is 1260. The Morgan fingerprint density at radius 3 is 2.39 bits per heavy atom. The molecular formula is C25H20ClN3O2. The number of fused-ring (bicyclic) bond motifs is 6. The van der Waals surface area contributed by atoms with Gasteiger partial charge in [-0.05, 0) is 36.0 Å². The van der Waals surface area contributed by atoms with Crippen LogP contribution in [-0.2, 0) is 16.1 Å². The number of carbonyl (C=O) groups excluding carboxylic acids is 2. The van der Waals surface area contributed by atoms with Crippen LogP contribution < -0.4 is 0 Å². The Morgan fingerprint density at radius 1 is 0.968 bits per heavy atom. The highest BCUT2D eigenvalue weighted by Crippen LogP contribution is 2.52. The van der Waals surface area contributed by atoms with E-state index in [1.54, 1.807) is 6.21 Å². The van der Waals surface area contributed by atoms with Crippen molar-refractivity contribution in [2.75, 3.05) is 0 Å². The molecule has 5 nitrogen and oxygen atoms in total. The monoisotopic (exact) mass is 429 g/mol. The van der Waals surface area contributed by atoms with Crippen LogP contribution in [0, 0.1) is 23.7 Å². The Kier molecular flexibility index (Phi) is 4.15. The van der Waals surface area contributed by atoms with Gasteiger partial charge in [0.2, 0.25) is 0 Å². The van der Waals surface area contributed by atoms with Crippen molar-refractivity contribution in [3.63, 3.8) is 0 Å². The second-order valence-corrected chi connectivity index (χ2v) is 8.96. The van der Waals surface area contributed by atoms with E-state index in [4.69, 9.17) is 11.6 Å². The number of halogens is 1. The second-order valence-electron chi connectivity index (χ2n) is 8.55. The van der Waals surface area contributed by atoms with Gasteiger partial charge in [0, 0.05) is 34.2 Å². The average Bonchev–Trinajstić information content (AvgIpc) is 3.53. The predicted octanol–water partition coefficient (Wildman–Crippen LogP) is 4.48. The lowest BCUT2D eigenvalue weighted by atomic mass is 9.85. The van der Waals surface area contributed by atoms with Crippen LogP contribution in [0.3, 0.4) is 0 Å². The number of imide groups is 1. The van der Waals surface area contributed by atoms with Gasteiger partial charge in [-0.2, -0.15) is 10.1 Å². The number of rotatable bonds is 4. The highest BCUT2D eigenvalue weighted by Gasteiger charge is 2.59. The zero-order valence-corrected chi connectivity index (χ0v) is 17.4. The van der Waals surface area contributed by atoms with E-state index < -0.39 is 0 Å². The lowest BCUT2D eigenvalue weighted by Crippen LogP contribution is -2.28. The molecule has 3 aliphatic rings. The summed E-state index contributed by atoms with van der Waals surface area (Å²) in [6.07, 6.45) is 8.73. The van der Waals surface area contributed by atoms with Crippen molar-refractivity contribution in [2.24, 2.45) is 28.8 Å². The minimum atomic E-state index is -0.235. The first-order valence-electron chi connectivity index (χ1n) is 10.5. The van der Waals surface area contributed by atoms with E-state index in [9.17, 15) is 9.59 Å². The number of hydrogen-bond acceptors (Lipinski definition) is 3. The molecule has 2 aromatic carbocycles. The third-order valence-corrected chi connectivity index (χ3v) is 7.25. The van der Waals surface area contributed by atoms with E-state index in [2.05, 4.69) is 21.8 Å². The van der Waals surface area contributed by atoms with Crippen molar-refractivity contribution in [2.45, 2.75) is 13.0 Å². The Hall–Kier alpha value is -3.18. The molecule has 4 atom stereocenters. The summed E-state index contributed by atoms with van der Waals surface area (Å²) in [6.45, 7) is 0.620. The van der Waals surface area contributed by atoms with Crippen LogP contribution in [0.2, 0.25) is 5.02 Å². The number of nitrogens with zero attached hydrogens (tertiary/aromatic N) is 3. The third kappa shape index (κ3) is 2.80. The predicted molar refractivity (Wildman–Crippen MR) is 120 cm³/mol. The maximum atomic E-state index is 12.9. The van der Waals surface area contributed by atoms with Gasteiger partial charge in [0.1, 0.15) is 0 Å². The maximum Gasteiger partial charge on any atom is 0.254 e. The van der Waals surface area contributed by atoms with Crippen LogP contribution in [0.15, 0.2) is 72.0 Å². The SMILES string of the molecule is O=C1[C@@H]2[C@H](C(=O)N1/N=C\c1cn(Cc3ccccc3Cl)c3ccccc13)[C@@H]1C=C[C@@H]2C1. The smallest absolute Gasteiger partial charge is 0.254 e. The summed E-state index contributed by atoms with van der Waals surface area (Å²) < 4.78 is 2.12. The standard InChI is InChI=1S/C25H20ClN3O2/c26-20-7-3-1-5-17(20)13-28-14-18(19-6-2-4-8-21(19)28)12-27-29-24(30)22-15-9-10-16(11-15)23(22)25(29)31/h1-10,12,14-16,22-23H,11,13H2/b27-12-/t15-,16-,22-,23+/m1/s1. The first-order valence-corrected chi connectivity index (χ1v) is 10.9. The quantitative estimate of drug-likeness (QED) is 0.348. The minimum Gasteiger partial charge on any atom is -0.342 e. The summed E-state index contributed by atoms with van der Waals surface area (Å²) in [5.74, 6) is -0.429. The summed E-state index contributed by atoms with van der Waals surface area (Å²) in [5, 5.41) is 7.20.